The zero-order chi connectivity index (χ0) is 14.8. The van der Waals surface area contributed by atoms with Crippen LogP contribution in [0.15, 0.2) is 6.07 Å². The maximum atomic E-state index is 12.7. The third kappa shape index (κ3) is 4.17. The van der Waals surface area contributed by atoms with Crippen LogP contribution in [-0.2, 0) is 5.88 Å². The van der Waals surface area contributed by atoms with Crippen LogP contribution in [0.2, 0.25) is 0 Å². The zero-order valence-electron chi connectivity index (χ0n) is 8.77. The van der Waals surface area contributed by atoms with E-state index in [4.69, 9.17) is 23.2 Å². The van der Waals surface area contributed by atoms with E-state index in [2.05, 4.69) is 9.72 Å². The van der Waals surface area contributed by atoms with Crippen molar-refractivity contribution >= 4 is 28.4 Å². The maximum Gasteiger partial charge on any atom is 0.574 e. The number of pyridine rings is 1. The molecule has 0 spiro atoms. The first-order valence-electron chi connectivity index (χ1n) is 4.49. The summed E-state index contributed by atoms with van der Waals surface area (Å²) in [7, 11) is 0. The van der Waals surface area contributed by atoms with Crippen molar-refractivity contribution in [1.29, 1.82) is 0 Å². The van der Waals surface area contributed by atoms with Crippen molar-refractivity contribution in [3.63, 3.8) is 0 Å². The Morgan fingerprint density at radius 3 is 2.37 bits per heavy atom. The Balaban J connectivity index is 3.48. The molecule has 0 saturated carbocycles. The van der Waals surface area contributed by atoms with Gasteiger partial charge in [-0.3, -0.25) is 4.79 Å². The highest BCUT2D eigenvalue weighted by Gasteiger charge is 2.36. The van der Waals surface area contributed by atoms with Gasteiger partial charge in [0, 0.05) is 0 Å². The van der Waals surface area contributed by atoms with Gasteiger partial charge < -0.3 is 4.74 Å². The number of hydrogen-bond acceptors (Lipinski definition) is 3. The van der Waals surface area contributed by atoms with Gasteiger partial charge in [0.25, 0.3) is 11.7 Å². The van der Waals surface area contributed by atoms with Crippen LogP contribution >= 0.6 is 23.2 Å². The van der Waals surface area contributed by atoms with Gasteiger partial charge in [-0.2, -0.15) is 0 Å². The molecule has 0 unspecified atom stereocenters. The quantitative estimate of drug-likeness (QED) is 0.477. The Morgan fingerprint density at radius 2 is 2.00 bits per heavy atom. The van der Waals surface area contributed by atoms with Gasteiger partial charge in [-0.25, -0.2) is 13.8 Å². The van der Waals surface area contributed by atoms with Gasteiger partial charge in [0.1, 0.15) is 0 Å². The number of aromatic nitrogens is 1. The largest absolute Gasteiger partial charge is 0.574 e. The molecule has 0 radical (unpaired) electrons. The summed E-state index contributed by atoms with van der Waals surface area (Å²) in [4.78, 5) is 14.2. The summed E-state index contributed by atoms with van der Waals surface area (Å²) in [6.07, 6.45) is -8.67. The van der Waals surface area contributed by atoms with Crippen LogP contribution < -0.4 is 4.74 Å². The Bertz CT molecular complexity index is 492. The van der Waals surface area contributed by atoms with Crippen LogP contribution in [0.4, 0.5) is 22.0 Å². The van der Waals surface area contributed by atoms with Crippen LogP contribution in [0, 0.1) is 0 Å². The predicted octanol–water partition coefficient (Wildman–Crippen LogP) is 4.04. The number of carbonyl (C=O) groups is 1. The summed E-state index contributed by atoms with van der Waals surface area (Å²) in [5.41, 5.74) is -2.41. The first-order chi connectivity index (χ1) is 8.65. The third-order valence-electron chi connectivity index (χ3n) is 1.86. The predicted molar refractivity (Wildman–Crippen MR) is 55.6 cm³/mol. The number of carbonyl (C=O) groups excluding carboxylic acids is 1. The molecule has 0 fully saturated rings. The number of nitrogens with zero attached hydrogens (tertiary/aromatic N) is 1. The van der Waals surface area contributed by atoms with Gasteiger partial charge in [-0.15, -0.1) is 24.8 Å². The molecule has 0 aliphatic rings. The van der Waals surface area contributed by atoms with E-state index in [1.54, 1.807) is 0 Å². The molecule has 0 aromatic carbocycles. The van der Waals surface area contributed by atoms with Crippen LogP contribution in [-0.4, -0.2) is 16.6 Å². The fraction of sp³-hybridized carbons (Fsp3) is 0.333. The van der Waals surface area contributed by atoms with E-state index in [1.165, 1.54) is 0 Å². The monoisotopic (exact) mass is 323 g/mol. The van der Waals surface area contributed by atoms with E-state index >= 15 is 0 Å². The summed E-state index contributed by atoms with van der Waals surface area (Å²) < 4.78 is 65.1. The molecule has 106 valence electrons. The van der Waals surface area contributed by atoms with Crippen LogP contribution in [0.25, 0.3) is 0 Å². The maximum absolute atomic E-state index is 12.7. The normalized spacial score (nSPS) is 11.8. The van der Waals surface area contributed by atoms with Gasteiger partial charge in [-0.05, 0) is 17.7 Å². The first kappa shape index (κ1) is 15.9. The smallest absolute Gasteiger partial charge is 0.387 e. The van der Waals surface area contributed by atoms with Crippen molar-refractivity contribution in [2.24, 2.45) is 0 Å². The van der Waals surface area contributed by atoms with Gasteiger partial charge in [0.2, 0.25) is 5.88 Å². The number of ether oxygens (including phenoxy) is 1. The molecule has 0 aliphatic heterocycles. The molecule has 0 amide bonds. The van der Waals surface area contributed by atoms with E-state index in [1.807, 2.05) is 0 Å². The topological polar surface area (TPSA) is 39.2 Å². The molecule has 0 bridgehead atoms. The van der Waals surface area contributed by atoms with E-state index in [9.17, 15) is 26.7 Å². The highest BCUT2D eigenvalue weighted by molar-refractivity contribution is 6.68. The lowest BCUT2D eigenvalue weighted by Gasteiger charge is -2.14. The lowest BCUT2D eigenvalue weighted by molar-refractivity contribution is -0.276. The number of rotatable bonds is 4. The van der Waals surface area contributed by atoms with Crippen molar-refractivity contribution in [3.05, 3.63) is 22.9 Å². The molecule has 19 heavy (non-hydrogen) atoms. The van der Waals surface area contributed by atoms with Gasteiger partial charge in [-0.1, -0.05) is 0 Å². The second kappa shape index (κ2) is 5.87. The van der Waals surface area contributed by atoms with Crippen molar-refractivity contribution in [1.82, 2.24) is 4.98 Å². The third-order valence-corrected chi connectivity index (χ3v) is 2.33. The minimum absolute atomic E-state index is 0.255. The Kier molecular flexibility index (Phi) is 4.92. The Morgan fingerprint density at radius 1 is 1.42 bits per heavy atom. The minimum atomic E-state index is -5.24. The summed E-state index contributed by atoms with van der Waals surface area (Å²) in [5.74, 6) is -1.85. The van der Waals surface area contributed by atoms with Gasteiger partial charge in [0.15, 0.2) is 0 Å². The number of hydrogen-bond donors (Lipinski definition) is 0. The molecule has 0 aliphatic carbocycles. The highest BCUT2D eigenvalue weighted by Crippen LogP contribution is 2.35. The van der Waals surface area contributed by atoms with Crippen LogP contribution in [0.5, 0.6) is 5.88 Å². The molecular formula is C9H4Cl2F5NO2. The number of alkyl halides is 6. The minimum Gasteiger partial charge on any atom is -0.387 e. The molecular weight excluding hydrogens is 320 g/mol. The average molecular weight is 324 g/mol. The lowest BCUT2D eigenvalue weighted by Crippen LogP contribution is -2.20. The van der Waals surface area contributed by atoms with Gasteiger partial charge in [0.05, 0.1) is 22.7 Å². The fourth-order valence-corrected chi connectivity index (χ4v) is 1.51. The second-order valence-corrected chi connectivity index (χ2v) is 3.75. The summed E-state index contributed by atoms with van der Waals surface area (Å²) in [5, 5.41) is -1.36. The fourth-order valence-electron chi connectivity index (χ4n) is 1.21. The summed E-state index contributed by atoms with van der Waals surface area (Å²) >= 11 is 10.4. The molecule has 1 rings (SSSR count). The summed E-state index contributed by atoms with van der Waals surface area (Å²) in [6, 6.07) is 0.785. The molecule has 1 aromatic rings. The van der Waals surface area contributed by atoms with E-state index in [0.29, 0.717) is 0 Å². The Hall–Kier alpha value is -1.15. The molecule has 0 atom stereocenters. The molecule has 10 heteroatoms. The van der Waals surface area contributed by atoms with Gasteiger partial charge >= 0.3 is 6.36 Å². The van der Waals surface area contributed by atoms with Crippen molar-refractivity contribution < 1.29 is 31.5 Å². The standard InChI is InChI=1S/C9H4Cl2F5NO2/c10-2-3-1-4(6(11)18)5(7(12)13)8(17-3)19-9(14,15)16/h1,7H,2H2. The SMILES string of the molecule is O=C(Cl)c1cc(CCl)nc(OC(F)(F)F)c1C(F)F. The molecule has 3 nitrogen and oxygen atoms in total. The van der Waals surface area contributed by atoms with E-state index < -0.39 is 40.9 Å². The van der Waals surface area contributed by atoms with Crippen molar-refractivity contribution in [2.45, 2.75) is 18.7 Å². The average Bonchev–Trinajstić information content (AvgIpc) is 2.24. The van der Waals surface area contributed by atoms with Crippen LogP contribution in [0.1, 0.15) is 28.0 Å². The second-order valence-electron chi connectivity index (χ2n) is 3.14. The van der Waals surface area contributed by atoms with E-state index in [0.717, 1.165) is 6.07 Å². The Labute approximate surface area is 113 Å². The lowest BCUT2D eigenvalue weighted by atomic mass is 10.1. The molecule has 1 heterocycles. The van der Waals surface area contributed by atoms with Crippen molar-refractivity contribution in [2.75, 3.05) is 0 Å². The zero-order valence-corrected chi connectivity index (χ0v) is 10.3. The molecule has 0 saturated heterocycles. The summed E-state index contributed by atoms with van der Waals surface area (Å²) in [6.45, 7) is 0. The first-order valence-corrected chi connectivity index (χ1v) is 5.40. The number of halogens is 7. The van der Waals surface area contributed by atoms with Crippen molar-refractivity contribution in [3.8, 4) is 5.88 Å². The van der Waals surface area contributed by atoms with Crippen LogP contribution in [0.3, 0.4) is 0 Å². The molecule has 1 aromatic heterocycles. The highest BCUT2D eigenvalue weighted by atomic mass is 35.5. The molecule has 0 N–H and O–H groups in total. The van der Waals surface area contributed by atoms with E-state index in [-0.39, 0.29) is 5.69 Å².